The normalized spacial score (nSPS) is 21.6. The molecule has 1 heterocycles. The Balaban J connectivity index is 2.37. The maximum absolute atomic E-state index is 12.9. The molecule has 0 aliphatic carbocycles. The lowest BCUT2D eigenvalue weighted by molar-refractivity contribution is -0.302. The van der Waals surface area contributed by atoms with Crippen LogP contribution in [0.25, 0.3) is 0 Å². The summed E-state index contributed by atoms with van der Waals surface area (Å²) in [5.74, 6) is -0.193. The molecule has 1 aliphatic rings. The molecule has 1 aliphatic heterocycles. The summed E-state index contributed by atoms with van der Waals surface area (Å²) < 4.78 is 11.2. The first-order valence-corrected chi connectivity index (χ1v) is 22.7. The van der Waals surface area contributed by atoms with Gasteiger partial charge in [0, 0.05) is 6.42 Å². The minimum atomic E-state index is -1.57. The average Bonchev–Trinajstić information content (AvgIpc) is 3.18. The fourth-order valence-electron chi connectivity index (χ4n) is 6.99. The summed E-state index contributed by atoms with van der Waals surface area (Å²) >= 11 is 0. The van der Waals surface area contributed by atoms with E-state index in [0.717, 1.165) is 51.4 Å². The van der Waals surface area contributed by atoms with Crippen LogP contribution in [-0.2, 0) is 14.3 Å². The second kappa shape index (κ2) is 36.7. The molecule has 0 spiro atoms. The lowest BCUT2D eigenvalue weighted by Crippen LogP contribution is -2.60. The molecule has 9 heteroatoms. The number of aliphatic hydroxyl groups excluding tert-OH is 5. The number of hydrogen-bond acceptors (Lipinski definition) is 8. The van der Waals surface area contributed by atoms with Crippen LogP contribution in [0, 0.1) is 0 Å². The molecule has 0 radical (unpaired) electrons. The van der Waals surface area contributed by atoms with Crippen LogP contribution >= 0.6 is 0 Å². The molecule has 6 N–H and O–H groups in total. The molecule has 55 heavy (non-hydrogen) atoms. The maximum Gasteiger partial charge on any atom is 0.220 e. The van der Waals surface area contributed by atoms with Gasteiger partial charge in [0.05, 0.1) is 25.4 Å². The van der Waals surface area contributed by atoms with E-state index in [1.54, 1.807) is 6.08 Å². The number of nitrogens with one attached hydrogen (secondary N) is 1. The van der Waals surface area contributed by atoms with Crippen molar-refractivity contribution in [2.75, 3.05) is 13.2 Å². The Morgan fingerprint density at radius 2 is 1.04 bits per heavy atom. The van der Waals surface area contributed by atoms with Crippen molar-refractivity contribution in [3.8, 4) is 0 Å². The van der Waals surface area contributed by atoms with Crippen molar-refractivity contribution in [2.24, 2.45) is 0 Å². The number of carbonyl (C=O) groups excluding carboxylic acids is 1. The largest absolute Gasteiger partial charge is 0.394 e. The van der Waals surface area contributed by atoms with Crippen LogP contribution < -0.4 is 5.32 Å². The summed E-state index contributed by atoms with van der Waals surface area (Å²) in [6.07, 6.45) is 37.6. The first-order valence-electron chi connectivity index (χ1n) is 22.7. The summed E-state index contributed by atoms with van der Waals surface area (Å²) in [6.45, 7) is 3.73. The van der Waals surface area contributed by atoms with Gasteiger partial charge in [0.15, 0.2) is 6.29 Å². The molecule has 9 nitrogen and oxygen atoms in total. The molecule has 322 valence electrons. The Hall–Kier alpha value is -1.59. The Labute approximate surface area is 336 Å². The fraction of sp³-hybridized carbons (Fsp3) is 0.848. The average molecular weight is 780 g/mol. The van der Waals surface area contributed by atoms with E-state index in [9.17, 15) is 30.3 Å². The standard InChI is InChI=1S/C46H85NO8/c1-3-5-7-9-11-13-15-17-18-19-20-21-22-24-26-28-30-32-34-36-42(50)47-39(38-54-46-45(53)44(52)43(51)41(37-48)55-46)40(49)35-33-31-29-27-25-23-16-14-12-10-8-6-4-2/h19-20,25,27,33,35,39-41,43-46,48-49,51-53H,3-18,21-24,26,28-32,34,36-38H2,1-2H3,(H,47,50)/b20-19-,27-25+,35-33+. The van der Waals surface area contributed by atoms with Gasteiger partial charge in [0.25, 0.3) is 0 Å². The van der Waals surface area contributed by atoms with Crippen molar-refractivity contribution >= 4 is 5.91 Å². The van der Waals surface area contributed by atoms with E-state index >= 15 is 0 Å². The Morgan fingerprint density at radius 1 is 0.600 bits per heavy atom. The summed E-state index contributed by atoms with van der Waals surface area (Å²) in [6, 6.07) is -0.821. The molecule has 0 bridgehead atoms. The summed E-state index contributed by atoms with van der Waals surface area (Å²) in [7, 11) is 0. The van der Waals surface area contributed by atoms with Gasteiger partial charge in [-0.3, -0.25) is 4.79 Å². The molecule has 0 aromatic carbocycles. The molecule has 1 rings (SSSR count). The van der Waals surface area contributed by atoms with E-state index in [1.807, 2.05) is 6.08 Å². The van der Waals surface area contributed by atoms with E-state index in [1.165, 1.54) is 122 Å². The second-order valence-corrected chi connectivity index (χ2v) is 15.8. The molecule has 1 amide bonds. The highest BCUT2D eigenvalue weighted by molar-refractivity contribution is 5.76. The van der Waals surface area contributed by atoms with Gasteiger partial charge < -0.3 is 40.3 Å². The number of unbranched alkanes of at least 4 members (excludes halogenated alkanes) is 23. The smallest absolute Gasteiger partial charge is 0.220 e. The number of carbonyl (C=O) groups is 1. The van der Waals surface area contributed by atoms with Crippen LogP contribution in [0.1, 0.15) is 194 Å². The molecule has 7 unspecified atom stereocenters. The number of allylic oxidation sites excluding steroid dienone is 5. The third-order valence-electron chi connectivity index (χ3n) is 10.7. The highest BCUT2D eigenvalue weighted by Gasteiger charge is 2.44. The lowest BCUT2D eigenvalue weighted by Gasteiger charge is -2.40. The first-order chi connectivity index (χ1) is 26.8. The minimum absolute atomic E-state index is 0.193. The van der Waals surface area contributed by atoms with Gasteiger partial charge in [-0.2, -0.15) is 0 Å². The van der Waals surface area contributed by atoms with Gasteiger partial charge >= 0.3 is 0 Å². The number of ether oxygens (including phenoxy) is 2. The van der Waals surface area contributed by atoms with Crippen molar-refractivity contribution in [1.82, 2.24) is 5.32 Å². The van der Waals surface area contributed by atoms with E-state index in [2.05, 4.69) is 43.5 Å². The summed E-state index contributed by atoms with van der Waals surface area (Å²) in [5, 5.41) is 54.1. The SMILES string of the molecule is CCCCCCCCC/C=C/CC/C=C/C(O)C(COC1OC(CO)C(O)C(O)C1O)NC(=O)CCCCCCCCC/C=C\CCCCCCCCCC. The number of hydrogen-bond donors (Lipinski definition) is 6. The summed E-state index contributed by atoms with van der Waals surface area (Å²) in [5.41, 5.74) is 0. The molecular formula is C46H85NO8. The zero-order valence-electron chi connectivity index (χ0n) is 35.2. The molecule has 0 aromatic heterocycles. The highest BCUT2D eigenvalue weighted by Crippen LogP contribution is 2.22. The third kappa shape index (κ3) is 27.6. The lowest BCUT2D eigenvalue weighted by atomic mass is 9.99. The summed E-state index contributed by atoms with van der Waals surface area (Å²) in [4.78, 5) is 12.9. The number of amides is 1. The topological polar surface area (TPSA) is 149 Å². The van der Waals surface area contributed by atoms with Crippen molar-refractivity contribution in [1.29, 1.82) is 0 Å². The van der Waals surface area contributed by atoms with E-state index in [-0.39, 0.29) is 12.5 Å². The second-order valence-electron chi connectivity index (χ2n) is 15.8. The van der Waals surface area contributed by atoms with E-state index in [4.69, 9.17) is 9.47 Å². The number of rotatable bonds is 37. The van der Waals surface area contributed by atoms with Crippen molar-refractivity contribution < 1.29 is 39.8 Å². The van der Waals surface area contributed by atoms with E-state index in [0.29, 0.717) is 6.42 Å². The van der Waals surface area contributed by atoms with Crippen LogP contribution in [-0.4, -0.2) is 87.5 Å². The van der Waals surface area contributed by atoms with Crippen molar-refractivity contribution in [3.05, 3.63) is 36.5 Å². The van der Waals surface area contributed by atoms with Gasteiger partial charge in [0.1, 0.15) is 24.4 Å². The van der Waals surface area contributed by atoms with Crippen LogP contribution in [0.5, 0.6) is 0 Å². The van der Waals surface area contributed by atoms with Crippen molar-refractivity contribution in [2.45, 2.75) is 236 Å². The molecule has 0 aromatic rings. The van der Waals surface area contributed by atoms with Crippen LogP contribution in [0.15, 0.2) is 36.5 Å². The molecular weight excluding hydrogens is 695 g/mol. The van der Waals surface area contributed by atoms with Crippen molar-refractivity contribution in [3.63, 3.8) is 0 Å². The Morgan fingerprint density at radius 3 is 1.53 bits per heavy atom. The minimum Gasteiger partial charge on any atom is -0.394 e. The van der Waals surface area contributed by atoms with Gasteiger partial charge in [-0.25, -0.2) is 0 Å². The van der Waals surface area contributed by atoms with Gasteiger partial charge in [-0.05, 0) is 57.8 Å². The predicted octanol–water partition coefficient (Wildman–Crippen LogP) is 9.28. The van der Waals surface area contributed by atoms with Crippen LogP contribution in [0.4, 0.5) is 0 Å². The highest BCUT2D eigenvalue weighted by atomic mass is 16.7. The van der Waals surface area contributed by atoms with Gasteiger partial charge in [-0.15, -0.1) is 0 Å². The Kier molecular flexibility index (Phi) is 34.3. The van der Waals surface area contributed by atoms with E-state index < -0.39 is 49.5 Å². The quantitative estimate of drug-likeness (QED) is 0.0270. The van der Waals surface area contributed by atoms with Crippen LogP contribution in [0.2, 0.25) is 0 Å². The fourth-order valence-corrected chi connectivity index (χ4v) is 6.99. The molecule has 1 fully saturated rings. The number of aliphatic hydroxyl groups is 5. The molecule has 7 atom stereocenters. The maximum atomic E-state index is 12.9. The zero-order chi connectivity index (χ0) is 40.2. The van der Waals surface area contributed by atoms with Crippen LogP contribution in [0.3, 0.4) is 0 Å². The molecule has 1 saturated heterocycles. The third-order valence-corrected chi connectivity index (χ3v) is 10.7. The monoisotopic (exact) mass is 780 g/mol. The first kappa shape index (κ1) is 51.4. The van der Waals surface area contributed by atoms with Gasteiger partial charge in [0.2, 0.25) is 5.91 Å². The van der Waals surface area contributed by atoms with Gasteiger partial charge in [-0.1, -0.05) is 166 Å². The predicted molar refractivity (Wildman–Crippen MR) is 226 cm³/mol. The zero-order valence-corrected chi connectivity index (χ0v) is 35.2. The molecule has 0 saturated carbocycles. The Bertz CT molecular complexity index is 956.